The fourth-order valence-electron chi connectivity index (χ4n) is 2.76. The van der Waals surface area contributed by atoms with Crippen molar-refractivity contribution < 1.29 is 13.6 Å². The van der Waals surface area contributed by atoms with E-state index in [0.29, 0.717) is 23.5 Å². The number of fused-ring (bicyclic) bond motifs is 1. The summed E-state index contributed by atoms with van der Waals surface area (Å²) in [6.07, 6.45) is 1.68. The molecule has 1 amide bonds. The number of piperidine rings is 1. The SMILES string of the molecule is CNC(=O)C1CCN(Cc2nc3cc(F)ccc3o2)CC1. The molecule has 2 heterocycles. The molecule has 1 fully saturated rings. The maximum Gasteiger partial charge on any atom is 0.222 e. The molecule has 1 aliphatic heterocycles. The van der Waals surface area contributed by atoms with Gasteiger partial charge in [0.15, 0.2) is 5.58 Å². The number of nitrogens with zero attached hydrogens (tertiary/aromatic N) is 2. The molecule has 112 valence electrons. The second-order valence-corrected chi connectivity index (χ2v) is 5.38. The maximum atomic E-state index is 13.1. The van der Waals surface area contributed by atoms with Crippen LogP contribution in [-0.4, -0.2) is 35.9 Å². The van der Waals surface area contributed by atoms with Gasteiger partial charge >= 0.3 is 0 Å². The lowest BCUT2D eigenvalue weighted by Gasteiger charge is -2.29. The second-order valence-electron chi connectivity index (χ2n) is 5.38. The average molecular weight is 291 g/mol. The van der Waals surface area contributed by atoms with Gasteiger partial charge in [0.05, 0.1) is 6.54 Å². The summed E-state index contributed by atoms with van der Waals surface area (Å²) in [4.78, 5) is 18.1. The number of oxazole rings is 1. The molecule has 0 radical (unpaired) electrons. The van der Waals surface area contributed by atoms with E-state index in [2.05, 4.69) is 15.2 Å². The Bertz CT molecular complexity index is 647. The van der Waals surface area contributed by atoms with Crippen molar-refractivity contribution in [1.29, 1.82) is 0 Å². The highest BCUT2D eigenvalue weighted by Gasteiger charge is 2.25. The first-order chi connectivity index (χ1) is 10.2. The molecule has 0 unspecified atom stereocenters. The fraction of sp³-hybridized carbons (Fsp3) is 0.467. The van der Waals surface area contributed by atoms with Gasteiger partial charge in [-0.25, -0.2) is 9.37 Å². The van der Waals surface area contributed by atoms with Crippen molar-refractivity contribution in [2.75, 3.05) is 20.1 Å². The molecule has 1 aromatic carbocycles. The largest absolute Gasteiger partial charge is 0.439 e. The smallest absolute Gasteiger partial charge is 0.222 e. The van der Waals surface area contributed by atoms with Gasteiger partial charge in [-0.15, -0.1) is 0 Å². The average Bonchev–Trinajstić information content (AvgIpc) is 2.88. The highest BCUT2D eigenvalue weighted by atomic mass is 19.1. The van der Waals surface area contributed by atoms with E-state index in [1.807, 2.05) is 0 Å². The summed E-state index contributed by atoms with van der Waals surface area (Å²) in [7, 11) is 1.67. The van der Waals surface area contributed by atoms with E-state index >= 15 is 0 Å². The van der Waals surface area contributed by atoms with Gasteiger partial charge in [0, 0.05) is 19.0 Å². The van der Waals surface area contributed by atoms with Crippen LogP contribution in [0.4, 0.5) is 4.39 Å². The number of amides is 1. The lowest BCUT2D eigenvalue weighted by atomic mass is 9.96. The molecule has 0 aliphatic carbocycles. The molecule has 1 saturated heterocycles. The summed E-state index contributed by atoms with van der Waals surface area (Å²) in [5.41, 5.74) is 1.15. The van der Waals surface area contributed by atoms with Crippen molar-refractivity contribution in [2.45, 2.75) is 19.4 Å². The van der Waals surface area contributed by atoms with Gasteiger partial charge in [-0.2, -0.15) is 0 Å². The molecule has 3 rings (SSSR count). The third-order valence-corrected chi connectivity index (χ3v) is 3.96. The van der Waals surface area contributed by atoms with Crippen LogP contribution in [0.15, 0.2) is 22.6 Å². The molecule has 1 aliphatic rings. The van der Waals surface area contributed by atoms with Crippen LogP contribution in [0.1, 0.15) is 18.7 Å². The van der Waals surface area contributed by atoms with Crippen LogP contribution >= 0.6 is 0 Å². The minimum absolute atomic E-state index is 0.101. The summed E-state index contributed by atoms with van der Waals surface area (Å²) < 4.78 is 18.7. The Morgan fingerprint density at radius 3 is 2.95 bits per heavy atom. The van der Waals surface area contributed by atoms with Gasteiger partial charge in [-0.3, -0.25) is 9.69 Å². The van der Waals surface area contributed by atoms with Crippen LogP contribution in [0.2, 0.25) is 0 Å². The first kappa shape index (κ1) is 14.0. The number of carbonyl (C=O) groups excluding carboxylic acids is 1. The van der Waals surface area contributed by atoms with E-state index in [1.54, 1.807) is 13.1 Å². The third-order valence-electron chi connectivity index (χ3n) is 3.96. The molecular weight excluding hydrogens is 273 g/mol. The number of carbonyl (C=O) groups is 1. The van der Waals surface area contributed by atoms with Crippen molar-refractivity contribution in [3.63, 3.8) is 0 Å². The molecule has 0 saturated carbocycles. The molecule has 2 aromatic rings. The number of nitrogens with one attached hydrogen (secondary N) is 1. The van der Waals surface area contributed by atoms with E-state index in [9.17, 15) is 9.18 Å². The van der Waals surface area contributed by atoms with Gasteiger partial charge in [-0.05, 0) is 38.1 Å². The van der Waals surface area contributed by atoms with Gasteiger partial charge in [0.2, 0.25) is 11.8 Å². The number of aromatic nitrogens is 1. The molecule has 1 N–H and O–H groups in total. The molecule has 21 heavy (non-hydrogen) atoms. The monoisotopic (exact) mass is 291 g/mol. The number of likely N-dealkylation sites (tertiary alicyclic amines) is 1. The summed E-state index contributed by atoms with van der Waals surface area (Å²) in [5.74, 6) is 0.499. The van der Waals surface area contributed by atoms with Crippen molar-refractivity contribution in [2.24, 2.45) is 5.92 Å². The maximum absolute atomic E-state index is 13.1. The summed E-state index contributed by atoms with van der Waals surface area (Å²) in [5, 5.41) is 2.70. The number of rotatable bonds is 3. The van der Waals surface area contributed by atoms with Crippen molar-refractivity contribution in [1.82, 2.24) is 15.2 Å². The topological polar surface area (TPSA) is 58.4 Å². The van der Waals surface area contributed by atoms with E-state index in [-0.39, 0.29) is 17.6 Å². The molecule has 0 atom stereocenters. The van der Waals surface area contributed by atoms with E-state index in [0.717, 1.165) is 25.9 Å². The van der Waals surface area contributed by atoms with Crippen molar-refractivity contribution >= 4 is 17.0 Å². The quantitative estimate of drug-likeness (QED) is 0.938. The molecule has 1 aromatic heterocycles. The normalized spacial score (nSPS) is 17.2. The Labute approximate surface area is 122 Å². The Morgan fingerprint density at radius 1 is 1.48 bits per heavy atom. The van der Waals surface area contributed by atoms with Crippen LogP contribution in [0.5, 0.6) is 0 Å². The number of hydrogen-bond donors (Lipinski definition) is 1. The van der Waals surface area contributed by atoms with E-state index < -0.39 is 0 Å². The summed E-state index contributed by atoms with van der Waals surface area (Å²) in [6, 6.07) is 4.34. The van der Waals surface area contributed by atoms with Crippen LogP contribution in [-0.2, 0) is 11.3 Å². The van der Waals surface area contributed by atoms with Crippen LogP contribution < -0.4 is 5.32 Å². The standard InChI is InChI=1S/C15H18FN3O2/c1-17-15(20)10-4-6-19(7-5-10)9-14-18-12-8-11(16)2-3-13(12)21-14/h2-3,8,10H,4-7,9H2,1H3,(H,17,20). The van der Waals surface area contributed by atoms with E-state index in [4.69, 9.17) is 4.42 Å². The molecular formula is C15H18FN3O2. The Hall–Kier alpha value is -1.95. The van der Waals surface area contributed by atoms with Crippen molar-refractivity contribution in [3.8, 4) is 0 Å². The first-order valence-electron chi connectivity index (χ1n) is 7.14. The zero-order valence-corrected chi connectivity index (χ0v) is 11.9. The second kappa shape index (κ2) is 5.81. The lowest BCUT2D eigenvalue weighted by molar-refractivity contribution is -0.125. The van der Waals surface area contributed by atoms with E-state index in [1.165, 1.54) is 12.1 Å². The number of hydrogen-bond acceptors (Lipinski definition) is 4. The van der Waals surface area contributed by atoms with Gasteiger partial charge in [-0.1, -0.05) is 0 Å². The Kier molecular flexibility index (Phi) is 3.88. The van der Waals surface area contributed by atoms with Crippen molar-refractivity contribution in [3.05, 3.63) is 29.9 Å². The fourth-order valence-corrected chi connectivity index (χ4v) is 2.76. The highest BCUT2D eigenvalue weighted by Crippen LogP contribution is 2.21. The molecule has 0 spiro atoms. The molecule has 5 nitrogen and oxygen atoms in total. The zero-order chi connectivity index (χ0) is 14.8. The first-order valence-corrected chi connectivity index (χ1v) is 7.14. The summed E-state index contributed by atoms with van der Waals surface area (Å²) in [6.45, 7) is 2.27. The zero-order valence-electron chi connectivity index (χ0n) is 11.9. The third kappa shape index (κ3) is 3.05. The Morgan fingerprint density at radius 2 is 2.24 bits per heavy atom. The Balaban J connectivity index is 1.63. The summed E-state index contributed by atoms with van der Waals surface area (Å²) >= 11 is 0. The minimum Gasteiger partial charge on any atom is -0.439 e. The molecule has 6 heteroatoms. The number of halogens is 1. The number of benzene rings is 1. The minimum atomic E-state index is -0.311. The van der Waals surface area contributed by atoms with Gasteiger partial charge in [0.1, 0.15) is 11.3 Å². The predicted molar refractivity (Wildman–Crippen MR) is 76.0 cm³/mol. The predicted octanol–water partition coefficient (Wildman–Crippen LogP) is 1.92. The van der Waals surface area contributed by atoms with Crippen LogP contribution in [0.3, 0.4) is 0 Å². The van der Waals surface area contributed by atoms with Gasteiger partial charge < -0.3 is 9.73 Å². The van der Waals surface area contributed by atoms with Crippen LogP contribution in [0, 0.1) is 11.7 Å². The highest BCUT2D eigenvalue weighted by molar-refractivity contribution is 5.78. The van der Waals surface area contributed by atoms with Crippen LogP contribution in [0.25, 0.3) is 11.1 Å². The molecule has 0 bridgehead atoms. The lowest BCUT2D eigenvalue weighted by Crippen LogP contribution is -2.39. The van der Waals surface area contributed by atoms with Gasteiger partial charge in [0.25, 0.3) is 0 Å².